The van der Waals surface area contributed by atoms with E-state index in [9.17, 15) is 9.59 Å². The van der Waals surface area contributed by atoms with Gasteiger partial charge in [0.1, 0.15) is 12.3 Å². The summed E-state index contributed by atoms with van der Waals surface area (Å²) in [7, 11) is 1.57. The smallest absolute Gasteiger partial charge is 0.244 e. The number of para-hydroxylation sites is 1. The molecule has 0 radical (unpaired) electrons. The van der Waals surface area contributed by atoms with Crippen LogP contribution in [-0.4, -0.2) is 23.9 Å². The van der Waals surface area contributed by atoms with Crippen molar-refractivity contribution in [2.45, 2.75) is 26.8 Å². The summed E-state index contributed by atoms with van der Waals surface area (Å²) in [6.07, 6.45) is 3.40. The summed E-state index contributed by atoms with van der Waals surface area (Å²) in [6, 6.07) is 11.5. The van der Waals surface area contributed by atoms with Gasteiger partial charge in [-0.05, 0) is 36.6 Å². The van der Waals surface area contributed by atoms with E-state index >= 15 is 0 Å². The van der Waals surface area contributed by atoms with E-state index in [1.807, 2.05) is 47.9 Å². The lowest BCUT2D eigenvalue weighted by Gasteiger charge is -2.12. The Hall–Kier alpha value is -3.08. The number of carbonyl (C=O) groups excluding carboxylic acids is 2. The van der Waals surface area contributed by atoms with Crippen LogP contribution in [0.3, 0.4) is 0 Å². The Balaban J connectivity index is 1.93. The lowest BCUT2D eigenvalue weighted by atomic mass is 10.1. The standard InChI is InChI=1S/C21H22N2O3/c1-4-15-6-5-7-17-16(13-24)11-23(21(15)17)12-20(25)22-18-10-14(2)8-9-19(18)26-3/h5-11,13H,4,12H2,1-3H3,(H,22,25). The highest BCUT2D eigenvalue weighted by Crippen LogP contribution is 2.27. The summed E-state index contributed by atoms with van der Waals surface area (Å²) in [4.78, 5) is 24.0. The predicted octanol–water partition coefficient (Wildman–Crippen LogP) is 3.97. The maximum atomic E-state index is 12.6. The summed E-state index contributed by atoms with van der Waals surface area (Å²) >= 11 is 0. The van der Waals surface area contributed by atoms with Gasteiger partial charge in [0.05, 0.1) is 18.3 Å². The predicted molar refractivity (Wildman–Crippen MR) is 103 cm³/mol. The van der Waals surface area contributed by atoms with Crippen LogP contribution in [0.15, 0.2) is 42.6 Å². The van der Waals surface area contributed by atoms with Gasteiger partial charge in [0.2, 0.25) is 5.91 Å². The van der Waals surface area contributed by atoms with Gasteiger partial charge in [0.25, 0.3) is 0 Å². The zero-order valence-corrected chi connectivity index (χ0v) is 15.2. The SMILES string of the molecule is CCc1cccc2c(C=O)cn(CC(=O)Nc3cc(C)ccc3OC)c12. The van der Waals surface area contributed by atoms with E-state index < -0.39 is 0 Å². The molecule has 0 aliphatic rings. The van der Waals surface area contributed by atoms with Crippen molar-refractivity contribution in [1.82, 2.24) is 4.57 Å². The van der Waals surface area contributed by atoms with Gasteiger partial charge in [-0.2, -0.15) is 0 Å². The fourth-order valence-corrected chi connectivity index (χ4v) is 3.23. The average Bonchev–Trinajstić information content (AvgIpc) is 2.99. The van der Waals surface area contributed by atoms with Crippen LogP contribution in [0.5, 0.6) is 5.75 Å². The molecule has 1 N–H and O–H groups in total. The normalized spacial score (nSPS) is 10.7. The number of aldehydes is 1. The molecule has 1 amide bonds. The molecule has 2 aromatic carbocycles. The molecule has 0 unspecified atom stereocenters. The zero-order chi connectivity index (χ0) is 18.7. The van der Waals surface area contributed by atoms with Crippen LogP contribution >= 0.6 is 0 Å². The van der Waals surface area contributed by atoms with Crippen molar-refractivity contribution in [3.05, 3.63) is 59.3 Å². The fraction of sp³-hybridized carbons (Fsp3) is 0.238. The van der Waals surface area contributed by atoms with Crippen LogP contribution < -0.4 is 10.1 Å². The Labute approximate surface area is 152 Å². The largest absolute Gasteiger partial charge is 0.495 e. The third kappa shape index (κ3) is 3.33. The minimum Gasteiger partial charge on any atom is -0.495 e. The second-order valence-electron chi connectivity index (χ2n) is 6.25. The summed E-state index contributed by atoms with van der Waals surface area (Å²) in [6.45, 7) is 4.14. The maximum Gasteiger partial charge on any atom is 0.244 e. The number of benzene rings is 2. The number of fused-ring (bicyclic) bond motifs is 1. The molecule has 3 aromatic rings. The minimum atomic E-state index is -0.172. The van der Waals surface area contributed by atoms with E-state index in [2.05, 4.69) is 12.2 Å². The molecule has 3 rings (SSSR count). The van der Waals surface area contributed by atoms with Gasteiger partial charge in [0, 0.05) is 17.1 Å². The number of carbonyl (C=O) groups is 2. The highest BCUT2D eigenvalue weighted by molar-refractivity contribution is 6.00. The number of aromatic nitrogens is 1. The number of amides is 1. The quantitative estimate of drug-likeness (QED) is 0.684. The number of hydrogen-bond donors (Lipinski definition) is 1. The highest BCUT2D eigenvalue weighted by Gasteiger charge is 2.14. The molecular formula is C21H22N2O3. The Morgan fingerprint density at radius 1 is 1.27 bits per heavy atom. The van der Waals surface area contributed by atoms with Crippen molar-refractivity contribution < 1.29 is 14.3 Å². The zero-order valence-electron chi connectivity index (χ0n) is 15.2. The van der Waals surface area contributed by atoms with Crippen molar-refractivity contribution >= 4 is 28.8 Å². The van der Waals surface area contributed by atoms with Crippen LogP contribution in [-0.2, 0) is 17.8 Å². The van der Waals surface area contributed by atoms with Gasteiger partial charge in [-0.15, -0.1) is 0 Å². The topological polar surface area (TPSA) is 60.3 Å². The first-order chi connectivity index (χ1) is 12.6. The highest BCUT2D eigenvalue weighted by atomic mass is 16.5. The maximum absolute atomic E-state index is 12.6. The molecule has 0 aliphatic heterocycles. The molecule has 0 spiro atoms. The van der Waals surface area contributed by atoms with Crippen LogP contribution in [0.1, 0.15) is 28.4 Å². The molecule has 134 valence electrons. The number of aryl methyl sites for hydroxylation is 2. The molecule has 1 heterocycles. The number of nitrogens with zero attached hydrogens (tertiary/aromatic N) is 1. The molecule has 0 saturated heterocycles. The molecule has 0 aliphatic carbocycles. The molecule has 5 nitrogen and oxygen atoms in total. The molecule has 0 fully saturated rings. The van der Waals surface area contributed by atoms with Gasteiger partial charge in [-0.25, -0.2) is 0 Å². The Kier molecular flexibility index (Phi) is 5.07. The first-order valence-corrected chi connectivity index (χ1v) is 8.57. The fourth-order valence-electron chi connectivity index (χ4n) is 3.23. The van der Waals surface area contributed by atoms with Crippen LogP contribution in [0, 0.1) is 6.92 Å². The van der Waals surface area contributed by atoms with Crippen LogP contribution in [0.2, 0.25) is 0 Å². The van der Waals surface area contributed by atoms with Gasteiger partial charge in [0.15, 0.2) is 6.29 Å². The molecule has 0 atom stereocenters. The summed E-state index contributed by atoms with van der Waals surface area (Å²) in [5.41, 5.74) is 4.31. The number of rotatable bonds is 6. The van der Waals surface area contributed by atoms with E-state index in [-0.39, 0.29) is 12.5 Å². The van der Waals surface area contributed by atoms with E-state index in [0.717, 1.165) is 34.7 Å². The van der Waals surface area contributed by atoms with Gasteiger partial charge >= 0.3 is 0 Å². The lowest BCUT2D eigenvalue weighted by molar-refractivity contribution is -0.116. The third-order valence-corrected chi connectivity index (χ3v) is 4.46. The van der Waals surface area contributed by atoms with E-state index in [4.69, 9.17) is 4.74 Å². The Morgan fingerprint density at radius 2 is 2.08 bits per heavy atom. The first kappa shape index (κ1) is 17.7. The number of ether oxygens (including phenoxy) is 1. The molecule has 0 saturated carbocycles. The monoisotopic (exact) mass is 350 g/mol. The van der Waals surface area contributed by atoms with Crippen molar-refractivity contribution in [3.8, 4) is 5.75 Å². The van der Waals surface area contributed by atoms with E-state index in [0.29, 0.717) is 17.0 Å². The van der Waals surface area contributed by atoms with Crippen molar-refractivity contribution in [3.63, 3.8) is 0 Å². The molecule has 0 bridgehead atoms. The number of nitrogens with one attached hydrogen (secondary N) is 1. The number of hydrogen-bond acceptors (Lipinski definition) is 3. The summed E-state index contributed by atoms with van der Waals surface area (Å²) in [5.74, 6) is 0.443. The second-order valence-corrected chi connectivity index (χ2v) is 6.25. The van der Waals surface area contributed by atoms with Crippen molar-refractivity contribution in [2.75, 3.05) is 12.4 Å². The van der Waals surface area contributed by atoms with Crippen LogP contribution in [0.25, 0.3) is 10.9 Å². The molecule has 5 heteroatoms. The van der Waals surface area contributed by atoms with E-state index in [1.165, 1.54) is 0 Å². The number of methoxy groups -OCH3 is 1. The van der Waals surface area contributed by atoms with Gasteiger partial charge < -0.3 is 14.6 Å². The van der Waals surface area contributed by atoms with Crippen molar-refractivity contribution in [1.29, 1.82) is 0 Å². The molecular weight excluding hydrogens is 328 g/mol. The van der Waals surface area contributed by atoms with Crippen LogP contribution in [0.4, 0.5) is 5.69 Å². The Bertz CT molecular complexity index is 973. The van der Waals surface area contributed by atoms with Gasteiger partial charge in [-0.3, -0.25) is 9.59 Å². The van der Waals surface area contributed by atoms with Gasteiger partial charge in [-0.1, -0.05) is 31.2 Å². The molecule has 1 aromatic heterocycles. The lowest BCUT2D eigenvalue weighted by Crippen LogP contribution is -2.19. The molecule has 26 heavy (non-hydrogen) atoms. The van der Waals surface area contributed by atoms with Crippen molar-refractivity contribution in [2.24, 2.45) is 0 Å². The minimum absolute atomic E-state index is 0.123. The second kappa shape index (κ2) is 7.44. The Morgan fingerprint density at radius 3 is 2.77 bits per heavy atom. The van der Waals surface area contributed by atoms with E-state index in [1.54, 1.807) is 13.3 Å². The number of anilines is 1. The average molecular weight is 350 g/mol. The summed E-state index contributed by atoms with van der Waals surface area (Å²) < 4.78 is 7.15. The summed E-state index contributed by atoms with van der Waals surface area (Å²) in [5, 5.41) is 3.78. The third-order valence-electron chi connectivity index (χ3n) is 4.46. The first-order valence-electron chi connectivity index (χ1n) is 8.57.